The maximum absolute atomic E-state index is 12.5. The maximum atomic E-state index is 12.5. The first kappa shape index (κ1) is 25.7. The molecule has 2 amide bonds. The van der Waals surface area contributed by atoms with Crippen LogP contribution in [0.4, 0.5) is 11.4 Å². The molecule has 1 aliphatic heterocycles. The first-order chi connectivity index (χ1) is 17.3. The lowest BCUT2D eigenvalue weighted by atomic mass is 9.88. The SMILES string of the molecule is CC(=O)N1c2ccc(-c3ccc(C(=O)NCC(O)CO)cc3)cc2C(Nc2ccc(Cl)cc2)CC1C. The van der Waals surface area contributed by atoms with Crippen LogP contribution in [0.5, 0.6) is 0 Å². The van der Waals surface area contributed by atoms with Gasteiger partial charge in [-0.3, -0.25) is 9.59 Å². The van der Waals surface area contributed by atoms with E-state index in [2.05, 4.69) is 23.6 Å². The Morgan fingerprint density at radius 3 is 2.36 bits per heavy atom. The third-order valence-corrected chi connectivity index (χ3v) is 6.65. The quantitative estimate of drug-likeness (QED) is 0.380. The van der Waals surface area contributed by atoms with Crippen LogP contribution >= 0.6 is 11.6 Å². The number of halogens is 1. The van der Waals surface area contributed by atoms with Gasteiger partial charge in [-0.25, -0.2) is 0 Å². The van der Waals surface area contributed by atoms with Crippen molar-refractivity contribution in [2.75, 3.05) is 23.4 Å². The molecule has 3 unspecified atom stereocenters. The highest BCUT2D eigenvalue weighted by atomic mass is 35.5. The normalized spacial score (nSPS) is 17.8. The number of amides is 2. The van der Waals surface area contributed by atoms with Crippen molar-refractivity contribution in [2.45, 2.75) is 38.5 Å². The van der Waals surface area contributed by atoms with Gasteiger partial charge in [0.25, 0.3) is 5.91 Å². The van der Waals surface area contributed by atoms with Crippen LogP contribution in [-0.4, -0.2) is 47.3 Å². The molecule has 188 valence electrons. The van der Waals surface area contributed by atoms with Gasteiger partial charge in [0.2, 0.25) is 5.91 Å². The van der Waals surface area contributed by atoms with Crippen LogP contribution in [-0.2, 0) is 4.79 Å². The fourth-order valence-electron chi connectivity index (χ4n) is 4.60. The van der Waals surface area contributed by atoms with Gasteiger partial charge in [0, 0.05) is 41.5 Å². The molecule has 0 saturated heterocycles. The Bertz CT molecular complexity index is 1230. The van der Waals surface area contributed by atoms with Gasteiger partial charge in [-0.15, -0.1) is 0 Å². The number of carbonyl (C=O) groups excluding carboxylic acids is 2. The fourth-order valence-corrected chi connectivity index (χ4v) is 4.72. The molecule has 0 fully saturated rings. The molecule has 8 heteroatoms. The molecule has 0 aromatic heterocycles. The van der Waals surface area contributed by atoms with Crippen LogP contribution in [0.3, 0.4) is 0 Å². The summed E-state index contributed by atoms with van der Waals surface area (Å²) in [6.45, 7) is 3.21. The smallest absolute Gasteiger partial charge is 0.251 e. The minimum absolute atomic E-state index is 0.00289. The molecule has 3 aromatic carbocycles. The lowest BCUT2D eigenvalue weighted by Gasteiger charge is -2.39. The fraction of sp³-hybridized carbons (Fsp3) is 0.286. The molecule has 0 bridgehead atoms. The summed E-state index contributed by atoms with van der Waals surface area (Å²) >= 11 is 6.05. The van der Waals surface area contributed by atoms with Gasteiger partial charge in [0.05, 0.1) is 18.8 Å². The van der Waals surface area contributed by atoms with Gasteiger partial charge < -0.3 is 25.7 Å². The number of nitrogens with zero attached hydrogens (tertiary/aromatic N) is 1. The number of rotatable bonds is 7. The monoisotopic (exact) mass is 507 g/mol. The highest BCUT2D eigenvalue weighted by Crippen LogP contribution is 2.41. The lowest BCUT2D eigenvalue weighted by molar-refractivity contribution is -0.117. The van der Waals surface area contributed by atoms with Crippen LogP contribution < -0.4 is 15.5 Å². The number of carbonyl (C=O) groups is 2. The van der Waals surface area contributed by atoms with Crippen molar-refractivity contribution in [1.82, 2.24) is 5.32 Å². The molecule has 4 rings (SSSR count). The average molecular weight is 508 g/mol. The van der Waals surface area contributed by atoms with E-state index in [0.29, 0.717) is 10.6 Å². The topological polar surface area (TPSA) is 102 Å². The number of aliphatic hydroxyl groups is 2. The average Bonchev–Trinajstić information content (AvgIpc) is 2.88. The van der Waals surface area contributed by atoms with E-state index in [1.165, 1.54) is 0 Å². The van der Waals surface area contributed by atoms with Crippen molar-refractivity contribution in [3.05, 3.63) is 82.9 Å². The summed E-state index contributed by atoms with van der Waals surface area (Å²) in [5.74, 6) is -0.319. The number of anilines is 2. The standard InChI is InChI=1S/C28H30ClN3O4/c1-17-13-26(31-23-10-8-22(29)9-11-23)25-14-21(7-12-27(25)32(17)18(2)34)19-3-5-20(6-4-19)28(36)30-15-24(35)16-33/h3-12,14,17,24,26,31,33,35H,13,15-16H2,1-2H3,(H,30,36). The van der Waals surface area contributed by atoms with Gasteiger partial charge in [-0.05, 0) is 78.6 Å². The Labute approximate surface area is 215 Å². The van der Waals surface area contributed by atoms with Crippen molar-refractivity contribution in [1.29, 1.82) is 0 Å². The largest absolute Gasteiger partial charge is 0.394 e. The molecule has 1 heterocycles. The third kappa shape index (κ3) is 5.70. The zero-order valence-corrected chi connectivity index (χ0v) is 21.0. The van der Waals surface area contributed by atoms with E-state index in [1.807, 2.05) is 53.4 Å². The molecule has 0 spiro atoms. The van der Waals surface area contributed by atoms with Crippen molar-refractivity contribution < 1.29 is 19.8 Å². The second-order valence-corrected chi connectivity index (χ2v) is 9.51. The molecular weight excluding hydrogens is 478 g/mol. The summed E-state index contributed by atoms with van der Waals surface area (Å²) in [5, 5.41) is 25.2. The Hall–Kier alpha value is -3.39. The summed E-state index contributed by atoms with van der Waals surface area (Å²) in [7, 11) is 0. The molecule has 0 saturated carbocycles. The number of nitrogens with one attached hydrogen (secondary N) is 2. The Morgan fingerprint density at radius 2 is 1.72 bits per heavy atom. The summed E-state index contributed by atoms with van der Waals surface area (Å²) < 4.78 is 0. The van der Waals surface area contributed by atoms with Crippen molar-refractivity contribution in [2.24, 2.45) is 0 Å². The molecule has 36 heavy (non-hydrogen) atoms. The van der Waals surface area contributed by atoms with Crippen LogP contribution in [0.2, 0.25) is 5.02 Å². The molecule has 0 aliphatic carbocycles. The summed E-state index contributed by atoms with van der Waals surface area (Å²) in [6, 6.07) is 20.9. The molecule has 0 radical (unpaired) electrons. The van der Waals surface area contributed by atoms with Gasteiger partial charge in [-0.1, -0.05) is 29.8 Å². The van der Waals surface area contributed by atoms with E-state index in [9.17, 15) is 14.7 Å². The molecule has 3 aromatic rings. The Balaban J connectivity index is 1.62. The van der Waals surface area contributed by atoms with Gasteiger partial charge in [0.15, 0.2) is 0 Å². The number of aliphatic hydroxyl groups excluding tert-OH is 2. The van der Waals surface area contributed by atoms with Crippen LogP contribution in [0.25, 0.3) is 11.1 Å². The number of hydrogen-bond acceptors (Lipinski definition) is 5. The molecule has 3 atom stereocenters. The summed E-state index contributed by atoms with van der Waals surface area (Å²) in [4.78, 5) is 26.6. The van der Waals surface area contributed by atoms with E-state index in [0.717, 1.165) is 34.5 Å². The second kappa shape index (κ2) is 11.1. The molecule has 7 nitrogen and oxygen atoms in total. The van der Waals surface area contributed by atoms with E-state index >= 15 is 0 Å². The van der Waals surface area contributed by atoms with E-state index in [-0.39, 0.29) is 30.4 Å². The van der Waals surface area contributed by atoms with Crippen molar-refractivity contribution >= 4 is 34.8 Å². The number of fused-ring (bicyclic) bond motifs is 1. The van der Waals surface area contributed by atoms with Crippen molar-refractivity contribution in [3.63, 3.8) is 0 Å². The Morgan fingerprint density at radius 1 is 1.06 bits per heavy atom. The summed E-state index contributed by atoms with van der Waals surface area (Å²) in [5.41, 5.74) is 5.22. The zero-order valence-electron chi connectivity index (χ0n) is 20.2. The third-order valence-electron chi connectivity index (χ3n) is 6.39. The predicted octanol–water partition coefficient (Wildman–Crippen LogP) is 4.39. The van der Waals surface area contributed by atoms with Crippen molar-refractivity contribution in [3.8, 4) is 11.1 Å². The van der Waals surface area contributed by atoms with Gasteiger partial charge >= 0.3 is 0 Å². The van der Waals surface area contributed by atoms with Crippen LogP contribution in [0.15, 0.2) is 66.7 Å². The lowest BCUT2D eigenvalue weighted by Crippen LogP contribution is -2.43. The molecule has 1 aliphatic rings. The van der Waals surface area contributed by atoms with Gasteiger partial charge in [0.1, 0.15) is 0 Å². The summed E-state index contributed by atoms with van der Waals surface area (Å²) in [6.07, 6.45) is -0.243. The molecule has 4 N–H and O–H groups in total. The van der Waals surface area contributed by atoms with E-state index < -0.39 is 12.7 Å². The minimum atomic E-state index is -0.990. The number of hydrogen-bond donors (Lipinski definition) is 4. The zero-order chi connectivity index (χ0) is 25.8. The first-order valence-corrected chi connectivity index (χ1v) is 12.3. The highest BCUT2D eigenvalue weighted by molar-refractivity contribution is 6.30. The molecular formula is C28H30ClN3O4. The number of benzene rings is 3. The predicted molar refractivity (Wildman–Crippen MR) is 142 cm³/mol. The van der Waals surface area contributed by atoms with Crippen LogP contribution in [0, 0.1) is 0 Å². The van der Waals surface area contributed by atoms with Gasteiger partial charge in [-0.2, -0.15) is 0 Å². The second-order valence-electron chi connectivity index (χ2n) is 9.07. The highest BCUT2D eigenvalue weighted by Gasteiger charge is 2.32. The van der Waals surface area contributed by atoms with E-state index in [4.69, 9.17) is 16.7 Å². The minimum Gasteiger partial charge on any atom is -0.394 e. The van der Waals surface area contributed by atoms with E-state index in [1.54, 1.807) is 19.1 Å². The van der Waals surface area contributed by atoms with Crippen LogP contribution in [0.1, 0.15) is 42.2 Å². The first-order valence-electron chi connectivity index (χ1n) is 11.9. The maximum Gasteiger partial charge on any atom is 0.251 e. The Kier molecular flexibility index (Phi) is 7.94.